The van der Waals surface area contributed by atoms with Crippen LogP contribution in [0.25, 0.3) is 0 Å². The smallest absolute Gasteiger partial charge is 0.340 e. The number of hydrogen-bond donors (Lipinski definition) is 0. The molecule has 21 heavy (non-hydrogen) atoms. The first-order valence-corrected chi connectivity index (χ1v) is 7.62. The lowest BCUT2D eigenvalue weighted by atomic mass is 10.1. The molecule has 116 valence electrons. The van der Waals surface area contributed by atoms with Gasteiger partial charge in [0.25, 0.3) is 0 Å². The largest absolute Gasteiger partial charge is 0.465 e. The van der Waals surface area contributed by atoms with Crippen molar-refractivity contribution in [3.63, 3.8) is 0 Å². The van der Waals surface area contributed by atoms with Gasteiger partial charge in [0.2, 0.25) is 0 Å². The Kier molecular flexibility index (Phi) is 5.34. The van der Waals surface area contributed by atoms with Crippen LogP contribution < -0.4 is 0 Å². The molecule has 2 rings (SSSR count). The van der Waals surface area contributed by atoms with Crippen molar-refractivity contribution in [3.05, 3.63) is 35.1 Å². The number of carbonyl (C=O) groups is 1. The average Bonchev–Trinajstić information content (AvgIpc) is 3.27. The molecule has 1 aromatic carbocycles. The summed E-state index contributed by atoms with van der Waals surface area (Å²) in [5, 5.41) is 0. The number of ether oxygens (including phenoxy) is 1. The van der Waals surface area contributed by atoms with Crippen LogP contribution in [-0.4, -0.2) is 30.6 Å². The van der Waals surface area contributed by atoms with E-state index in [4.69, 9.17) is 0 Å². The number of rotatable bonds is 7. The Labute approximate surface area is 126 Å². The molecule has 1 saturated carbocycles. The fourth-order valence-electron chi connectivity index (χ4n) is 2.42. The van der Waals surface area contributed by atoms with Gasteiger partial charge in [-0.05, 0) is 49.4 Å². The first kappa shape index (κ1) is 16.0. The highest BCUT2D eigenvalue weighted by molar-refractivity contribution is 5.89. The molecule has 0 N–H and O–H groups in total. The number of methoxy groups -OCH3 is 1. The van der Waals surface area contributed by atoms with Crippen molar-refractivity contribution in [2.75, 3.05) is 13.7 Å². The van der Waals surface area contributed by atoms with Crippen LogP contribution in [0.2, 0.25) is 0 Å². The van der Waals surface area contributed by atoms with Crippen molar-refractivity contribution in [2.45, 2.75) is 45.7 Å². The Balaban J connectivity index is 2.03. The van der Waals surface area contributed by atoms with Gasteiger partial charge in [0.1, 0.15) is 5.82 Å². The summed E-state index contributed by atoms with van der Waals surface area (Å²) in [4.78, 5) is 13.8. The summed E-state index contributed by atoms with van der Waals surface area (Å²) in [7, 11) is 1.26. The lowest BCUT2D eigenvalue weighted by Gasteiger charge is -2.23. The van der Waals surface area contributed by atoms with E-state index >= 15 is 0 Å². The van der Waals surface area contributed by atoms with Crippen molar-refractivity contribution < 1.29 is 13.9 Å². The summed E-state index contributed by atoms with van der Waals surface area (Å²) in [5.41, 5.74) is 0.914. The Morgan fingerprint density at radius 1 is 1.43 bits per heavy atom. The van der Waals surface area contributed by atoms with Gasteiger partial charge in [0.15, 0.2) is 0 Å². The maximum atomic E-state index is 13.9. The molecule has 3 nitrogen and oxygen atoms in total. The number of hydrogen-bond acceptors (Lipinski definition) is 3. The van der Waals surface area contributed by atoms with Crippen LogP contribution in [-0.2, 0) is 11.3 Å². The fraction of sp³-hybridized carbons (Fsp3) is 0.588. The van der Waals surface area contributed by atoms with E-state index in [2.05, 4.69) is 23.5 Å². The van der Waals surface area contributed by atoms with E-state index in [0.717, 1.165) is 25.1 Å². The molecule has 0 amide bonds. The van der Waals surface area contributed by atoms with E-state index in [1.54, 1.807) is 0 Å². The van der Waals surface area contributed by atoms with Gasteiger partial charge in [-0.1, -0.05) is 19.9 Å². The van der Waals surface area contributed by atoms with Gasteiger partial charge in [-0.2, -0.15) is 0 Å². The Morgan fingerprint density at radius 3 is 2.67 bits per heavy atom. The molecule has 0 aromatic heterocycles. The van der Waals surface area contributed by atoms with Gasteiger partial charge >= 0.3 is 5.97 Å². The standard InChI is InChI=1S/C17H24FNO2/c1-12(2)8-9-19(14-5-6-14)11-13-4-7-15(16(18)10-13)17(20)21-3/h4,7,10,12,14H,5-6,8-9,11H2,1-3H3. The SMILES string of the molecule is COC(=O)c1ccc(CN(CCC(C)C)C2CC2)cc1F. The third-order valence-corrected chi connectivity index (χ3v) is 3.88. The minimum Gasteiger partial charge on any atom is -0.465 e. The van der Waals surface area contributed by atoms with Gasteiger partial charge in [-0.25, -0.2) is 9.18 Å². The van der Waals surface area contributed by atoms with E-state index in [1.807, 2.05) is 6.07 Å². The van der Waals surface area contributed by atoms with Crippen molar-refractivity contribution in [1.29, 1.82) is 0 Å². The highest BCUT2D eigenvalue weighted by Crippen LogP contribution is 2.29. The summed E-state index contributed by atoms with van der Waals surface area (Å²) in [6.07, 6.45) is 3.63. The molecule has 1 aliphatic rings. The molecule has 4 heteroatoms. The Bertz CT molecular complexity index is 498. The molecule has 0 unspecified atom stereocenters. The van der Waals surface area contributed by atoms with Gasteiger partial charge in [0, 0.05) is 12.6 Å². The third kappa shape index (κ3) is 4.53. The highest BCUT2D eigenvalue weighted by atomic mass is 19.1. The molecule has 0 heterocycles. The number of halogens is 1. The van der Waals surface area contributed by atoms with E-state index in [0.29, 0.717) is 12.0 Å². The molecule has 0 spiro atoms. The van der Waals surface area contributed by atoms with Gasteiger partial charge < -0.3 is 4.74 Å². The molecule has 1 aromatic rings. The van der Waals surface area contributed by atoms with Crippen LogP contribution in [0.5, 0.6) is 0 Å². The van der Waals surface area contributed by atoms with Gasteiger partial charge in [0.05, 0.1) is 12.7 Å². The zero-order chi connectivity index (χ0) is 15.4. The van der Waals surface area contributed by atoms with E-state index in [9.17, 15) is 9.18 Å². The number of benzene rings is 1. The molecule has 0 bridgehead atoms. The van der Waals surface area contributed by atoms with E-state index in [1.165, 1.54) is 32.1 Å². The van der Waals surface area contributed by atoms with Crippen LogP contribution in [0.3, 0.4) is 0 Å². The molecule has 0 radical (unpaired) electrons. The van der Waals surface area contributed by atoms with Crippen molar-refractivity contribution >= 4 is 5.97 Å². The molecule has 1 fully saturated rings. The predicted octanol–water partition coefficient (Wildman–Crippen LogP) is 3.62. The molecule has 0 atom stereocenters. The molecular weight excluding hydrogens is 269 g/mol. The quantitative estimate of drug-likeness (QED) is 0.719. The summed E-state index contributed by atoms with van der Waals surface area (Å²) in [6.45, 7) is 6.23. The zero-order valence-corrected chi connectivity index (χ0v) is 13.1. The van der Waals surface area contributed by atoms with Gasteiger partial charge in [-0.15, -0.1) is 0 Å². The third-order valence-electron chi connectivity index (χ3n) is 3.88. The molecule has 0 aliphatic heterocycles. The minimum atomic E-state index is -0.627. The van der Waals surface area contributed by atoms with Crippen LogP contribution in [0.4, 0.5) is 4.39 Å². The topological polar surface area (TPSA) is 29.5 Å². The second-order valence-corrected chi connectivity index (χ2v) is 6.19. The van der Waals surface area contributed by atoms with Gasteiger partial charge in [-0.3, -0.25) is 4.90 Å². The first-order chi connectivity index (χ1) is 10.0. The van der Waals surface area contributed by atoms with E-state index in [-0.39, 0.29) is 5.56 Å². The summed E-state index contributed by atoms with van der Waals surface area (Å²) in [6, 6.07) is 5.44. The van der Waals surface area contributed by atoms with Crippen molar-refractivity contribution in [2.24, 2.45) is 5.92 Å². The zero-order valence-electron chi connectivity index (χ0n) is 13.1. The predicted molar refractivity (Wildman–Crippen MR) is 80.6 cm³/mol. The highest BCUT2D eigenvalue weighted by Gasteiger charge is 2.28. The first-order valence-electron chi connectivity index (χ1n) is 7.62. The maximum Gasteiger partial charge on any atom is 0.340 e. The average molecular weight is 293 g/mol. The summed E-state index contributed by atoms with van der Waals surface area (Å²) < 4.78 is 18.5. The maximum absolute atomic E-state index is 13.9. The van der Waals surface area contributed by atoms with Crippen molar-refractivity contribution in [1.82, 2.24) is 4.90 Å². The lowest BCUT2D eigenvalue weighted by Crippen LogP contribution is -2.27. The fourth-order valence-corrected chi connectivity index (χ4v) is 2.42. The van der Waals surface area contributed by atoms with Crippen LogP contribution in [0, 0.1) is 11.7 Å². The van der Waals surface area contributed by atoms with Crippen LogP contribution in [0.1, 0.15) is 49.0 Å². The van der Waals surface area contributed by atoms with Crippen LogP contribution >= 0.6 is 0 Å². The number of esters is 1. The molecule has 0 saturated heterocycles. The number of nitrogens with zero attached hydrogens (tertiary/aromatic N) is 1. The second-order valence-electron chi connectivity index (χ2n) is 6.19. The second kappa shape index (κ2) is 7.03. The van der Waals surface area contributed by atoms with E-state index < -0.39 is 11.8 Å². The summed E-state index contributed by atoms with van der Waals surface area (Å²) >= 11 is 0. The minimum absolute atomic E-state index is 0.00130. The summed E-state index contributed by atoms with van der Waals surface area (Å²) in [5.74, 6) is -0.457. The molecular formula is C17H24FNO2. The monoisotopic (exact) mass is 293 g/mol. The van der Waals surface area contributed by atoms with Crippen molar-refractivity contribution in [3.8, 4) is 0 Å². The number of carbonyl (C=O) groups excluding carboxylic acids is 1. The molecule has 1 aliphatic carbocycles. The lowest BCUT2D eigenvalue weighted by molar-refractivity contribution is 0.0595. The Hall–Kier alpha value is -1.42. The Morgan fingerprint density at radius 2 is 2.14 bits per heavy atom. The van der Waals surface area contributed by atoms with Crippen LogP contribution in [0.15, 0.2) is 18.2 Å². The normalized spacial score (nSPS) is 14.8.